The molecule has 0 saturated carbocycles. The summed E-state index contributed by atoms with van der Waals surface area (Å²) in [6.07, 6.45) is 4.61. The number of hydrogen-bond acceptors (Lipinski definition) is 3. The molecule has 0 amide bonds. The van der Waals surface area contributed by atoms with Crippen LogP contribution in [0.15, 0.2) is 33.7 Å². The second-order valence-corrected chi connectivity index (χ2v) is 4.66. The van der Waals surface area contributed by atoms with E-state index in [1.165, 1.54) is 4.88 Å². The first-order valence-electron chi connectivity index (χ1n) is 4.49. The van der Waals surface area contributed by atoms with Gasteiger partial charge in [-0.3, -0.25) is 0 Å². The molecule has 0 aliphatic carbocycles. The van der Waals surface area contributed by atoms with Gasteiger partial charge in [-0.1, -0.05) is 17.7 Å². The van der Waals surface area contributed by atoms with Crippen molar-refractivity contribution in [1.82, 2.24) is 4.90 Å². The van der Waals surface area contributed by atoms with Crippen molar-refractivity contribution in [3.8, 4) is 0 Å². The van der Waals surface area contributed by atoms with E-state index in [0.717, 1.165) is 24.5 Å². The summed E-state index contributed by atoms with van der Waals surface area (Å²) in [7, 11) is 0. The Morgan fingerprint density at radius 2 is 2.50 bits per heavy atom. The fourth-order valence-electron chi connectivity index (χ4n) is 1.33. The van der Waals surface area contributed by atoms with E-state index in [-0.39, 0.29) is 0 Å². The van der Waals surface area contributed by atoms with Gasteiger partial charge in [-0.05, 0) is 17.9 Å². The van der Waals surface area contributed by atoms with E-state index in [1.54, 1.807) is 17.5 Å². The third kappa shape index (κ3) is 2.59. The van der Waals surface area contributed by atoms with Crippen molar-refractivity contribution in [3.05, 3.63) is 33.6 Å². The normalized spacial score (nSPS) is 15.8. The Labute approximate surface area is 92.5 Å². The molecule has 1 aliphatic heterocycles. The van der Waals surface area contributed by atoms with E-state index >= 15 is 0 Å². The molecule has 0 bridgehead atoms. The lowest BCUT2D eigenvalue weighted by Gasteiger charge is -2.20. The third-order valence-electron chi connectivity index (χ3n) is 2.02. The number of halogens is 1. The van der Waals surface area contributed by atoms with Gasteiger partial charge in [0.2, 0.25) is 0 Å². The second kappa shape index (κ2) is 4.62. The topological polar surface area (TPSA) is 15.6 Å². The maximum atomic E-state index is 5.88. The Morgan fingerprint density at radius 3 is 3.21 bits per heavy atom. The first kappa shape index (κ1) is 9.74. The summed E-state index contributed by atoms with van der Waals surface area (Å²) in [5, 5.41) is 2.91. The van der Waals surface area contributed by atoms with Gasteiger partial charge in [-0.2, -0.15) is 0 Å². The highest BCUT2D eigenvalue weighted by Crippen LogP contribution is 2.12. The molecule has 0 spiro atoms. The van der Waals surface area contributed by atoms with Gasteiger partial charge in [0.25, 0.3) is 0 Å². The lowest BCUT2D eigenvalue weighted by Crippen LogP contribution is -2.27. The summed E-state index contributed by atoms with van der Waals surface area (Å²) >= 11 is 7.67. The molecule has 1 aromatic heterocycles. The lowest BCUT2D eigenvalue weighted by molar-refractivity contribution is 0.472. The zero-order chi connectivity index (χ0) is 9.80. The van der Waals surface area contributed by atoms with Crippen LogP contribution in [0.3, 0.4) is 0 Å². The molecule has 2 rings (SSSR count). The van der Waals surface area contributed by atoms with Gasteiger partial charge in [0.05, 0.1) is 17.9 Å². The molecule has 0 unspecified atom stereocenters. The maximum absolute atomic E-state index is 5.88. The van der Waals surface area contributed by atoms with Crippen LogP contribution >= 0.6 is 22.9 Å². The van der Waals surface area contributed by atoms with E-state index in [1.807, 2.05) is 6.34 Å². The molecule has 4 heteroatoms. The molecular formula is C10H11ClN2S. The van der Waals surface area contributed by atoms with Crippen LogP contribution in [0, 0.1) is 0 Å². The van der Waals surface area contributed by atoms with Crippen LogP contribution in [0.4, 0.5) is 0 Å². The van der Waals surface area contributed by atoms with Crippen molar-refractivity contribution in [2.75, 3.05) is 13.1 Å². The molecule has 74 valence electrons. The summed E-state index contributed by atoms with van der Waals surface area (Å²) in [5.41, 5.74) is 0. The molecule has 1 aromatic rings. The Hall–Kier alpha value is -0.800. The van der Waals surface area contributed by atoms with Crippen LogP contribution < -0.4 is 0 Å². The molecule has 0 saturated heterocycles. The lowest BCUT2D eigenvalue weighted by atomic mass is 10.3. The van der Waals surface area contributed by atoms with E-state index in [9.17, 15) is 0 Å². The Bertz CT molecular complexity index is 343. The molecule has 2 heterocycles. The number of rotatable bonds is 3. The molecule has 1 aliphatic rings. The number of nitrogens with zero attached hydrogens (tertiary/aromatic N) is 2. The molecule has 0 N–H and O–H groups in total. The smallest absolute Gasteiger partial charge is 0.0908 e. The third-order valence-corrected chi connectivity index (χ3v) is 3.18. The van der Waals surface area contributed by atoms with Gasteiger partial charge in [0.15, 0.2) is 0 Å². The van der Waals surface area contributed by atoms with Crippen molar-refractivity contribution in [1.29, 1.82) is 0 Å². The standard InChI is InChI=1S/C10H11ClN2S/c11-9-6-12-8-13(7-9)4-3-10-2-1-5-14-10/h1-2,5-6,8H,3-4,7H2. The summed E-state index contributed by atoms with van der Waals surface area (Å²) in [6.45, 7) is 1.77. The zero-order valence-corrected chi connectivity index (χ0v) is 9.26. The van der Waals surface area contributed by atoms with E-state index in [2.05, 4.69) is 27.4 Å². The van der Waals surface area contributed by atoms with Crippen LogP contribution in [0.2, 0.25) is 0 Å². The fraction of sp³-hybridized carbons (Fsp3) is 0.300. The molecule has 0 aromatic carbocycles. The van der Waals surface area contributed by atoms with E-state index in [4.69, 9.17) is 11.6 Å². The minimum Gasteiger partial charge on any atom is -0.357 e. The van der Waals surface area contributed by atoms with Gasteiger partial charge in [0, 0.05) is 17.6 Å². The van der Waals surface area contributed by atoms with Gasteiger partial charge >= 0.3 is 0 Å². The molecule has 14 heavy (non-hydrogen) atoms. The highest BCUT2D eigenvalue weighted by Gasteiger charge is 2.06. The van der Waals surface area contributed by atoms with Crippen molar-refractivity contribution in [2.45, 2.75) is 6.42 Å². The Kier molecular flexibility index (Phi) is 3.22. The van der Waals surface area contributed by atoms with Crippen molar-refractivity contribution in [3.63, 3.8) is 0 Å². The van der Waals surface area contributed by atoms with E-state index in [0.29, 0.717) is 0 Å². The first-order valence-corrected chi connectivity index (χ1v) is 5.74. The predicted molar refractivity (Wildman–Crippen MR) is 62.0 cm³/mol. The van der Waals surface area contributed by atoms with Crippen molar-refractivity contribution >= 4 is 29.3 Å². The van der Waals surface area contributed by atoms with Gasteiger partial charge in [-0.25, -0.2) is 4.99 Å². The van der Waals surface area contributed by atoms with Crippen molar-refractivity contribution in [2.24, 2.45) is 4.99 Å². The summed E-state index contributed by atoms with van der Waals surface area (Å²) in [5.74, 6) is 0. The van der Waals surface area contributed by atoms with Crippen LogP contribution in [-0.4, -0.2) is 24.3 Å². The van der Waals surface area contributed by atoms with Gasteiger partial charge in [-0.15, -0.1) is 11.3 Å². The molecule has 2 nitrogen and oxygen atoms in total. The van der Waals surface area contributed by atoms with Crippen LogP contribution in [0.5, 0.6) is 0 Å². The monoisotopic (exact) mass is 226 g/mol. The summed E-state index contributed by atoms with van der Waals surface area (Å²) in [6, 6.07) is 4.24. The molecule has 0 atom stereocenters. The molecule has 0 radical (unpaired) electrons. The summed E-state index contributed by atoms with van der Waals surface area (Å²) in [4.78, 5) is 7.58. The number of hydrogen-bond donors (Lipinski definition) is 0. The average Bonchev–Trinajstić information content (AvgIpc) is 2.67. The minimum atomic E-state index is 0.788. The summed E-state index contributed by atoms with van der Waals surface area (Å²) < 4.78 is 0. The van der Waals surface area contributed by atoms with E-state index < -0.39 is 0 Å². The predicted octanol–water partition coefficient (Wildman–Crippen LogP) is 2.71. The zero-order valence-electron chi connectivity index (χ0n) is 7.69. The van der Waals surface area contributed by atoms with Gasteiger partial charge < -0.3 is 4.90 Å². The van der Waals surface area contributed by atoms with Crippen LogP contribution in [-0.2, 0) is 6.42 Å². The molecular weight excluding hydrogens is 216 g/mol. The largest absolute Gasteiger partial charge is 0.357 e. The first-order chi connectivity index (χ1) is 6.84. The van der Waals surface area contributed by atoms with Crippen molar-refractivity contribution < 1.29 is 0 Å². The maximum Gasteiger partial charge on any atom is 0.0908 e. The van der Waals surface area contributed by atoms with Gasteiger partial charge in [0.1, 0.15) is 0 Å². The second-order valence-electron chi connectivity index (χ2n) is 3.14. The highest BCUT2D eigenvalue weighted by atomic mass is 35.5. The Balaban J connectivity index is 1.82. The number of aliphatic imine (C=N–C) groups is 1. The Morgan fingerprint density at radius 1 is 1.57 bits per heavy atom. The SMILES string of the molecule is ClC1=CN=CN(CCc2cccs2)C1. The highest BCUT2D eigenvalue weighted by molar-refractivity contribution is 7.09. The quantitative estimate of drug-likeness (QED) is 0.774. The van der Waals surface area contributed by atoms with Crippen LogP contribution in [0.25, 0.3) is 0 Å². The fourth-order valence-corrected chi connectivity index (χ4v) is 2.24. The number of thiophene rings is 1. The van der Waals surface area contributed by atoms with Crippen LogP contribution in [0.1, 0.15) is 4.88 Å². The molecule has 0 fully saturated rings. The minimum absolute atomic E-state index is 0.788. The average molecular weight is 227 g/mol.